The lowest BCUT2D eigenvalue weighted by Crippen LogP contribution is -2.49. The van der Waals surface area contributed by atoms with E-state index >= 15 is 4.39 Å². The third kappa shape index (κ3) is 2.88. The molecule has 2 atom stereocenters. The highest BCUT2D eigenvalue weighted by atomic mass is 19.1. The Bertz CT molecular complexity index is 1340. The molecule has 7 nitrogen and oxygen atoms in total. The molecule has 0 bridgehead atoms. The molecule has 30 heavy (non-hydrogen) atoms. The molecule has 1 aliphatic heterocycles. The Morgan fingerprint density at radius 2 is 2.03 bits per heavy atom. The number of nitrogen functional groups attached to an aromatic ring is 1. The normalized spacial score (nSPS) is 22.0. The first-order valence-electron chi connectivity index (χ1n) is 9.85. The van der Waals surface area contributed by atoms with E-state index in [2.05, 4.69) is 20.3 Å². The Kier molecular flexibility index (Phi) is 4.16. The van der Waals surface area contributed by atoms with Crippen molar-refractivity contribution < 1.29 is 9.13 Å². The van der Waals surface area contributed by atoms with Crippen LogP contribution in [0.1, 0.15) is 19.4 Å². The maximum absolute atomic E-state index is 15.0. The fraction of sp³-hybridized carbons (Fsp3) is 0.273. The van der Waals surface area contributed by atoms with Crippen molar-refractivity contribution in [3.63, 3.8) is 0 Å². The SMILES string of the molecule is C[C@H]1CNC[C@@](C)(c2cc3nc(-c4c(N)c5ccccc5[nH]c4=O)[nH]c3cc2F)O1. The van der Waals surface area contributed by atoms with Crippen molar-refractivity contribution in [1.29, 1.82) is 0 Å². The van der Waals surface area contributed by atoms with Crippen molar-refractivity contribution in [1.82, 2.24) is 20.3 Å². The molecule has 5 rings (SSSR count). The number of aromatic amines is 2. The van der Waals surface area contributed by atoms with Crippen molar-refractivity contribution in [3.05, 3.63) is 58.1 Å². The number of nitrogens with zero attached hydrogens (tertiary/aromatic N) is 1. The molecule has 0 saturated carbocycles. The van der Waals surface area contributed by atoms with Gasteiger partial charge in [-0.1, -0.05) is 18.2 Å². The first-order chi connectivity index (χ1) is 14.4. The van der Waals surface area contributed by atoms with Gasteiger partial charge in [-0.2, -0.15) is 0 Å². The van der Waals surface area contributed by atoms with E-state index in [1.807, 2.05) is 32.0 Å². The van der Waals surface area contributed by atoms with Crippen LogP contribution >= 0.6 is 0 Å². The maximum Gasteiger partial charge on any atom is 0.261 e. The molecule has 0 aliphatic carbocycles. The molecular weight excluding hydrogens is 385 g/mol. The number of hydrogen-bond donors (Lipinski definition) is 4. The van der Waals surface area contributed by atoms with E-state index in [1.54, 1.807) is 12.1 Å². The number of hydrogen-bond acceptors (Lipinski definition) is 5. The van der Waals surface area contributed by atoms with Crippen LogP contribution in [0.5, 0.6) is 0 Å². The van der Waals surface area contributed by atoms with Crippen LogP contribution in [0.25, 0.3) is 33.3 Å². The predicted octanol–water partition coefficient (Wildman–Crippen LogP) is 3.02. The Hall–Kier alpha value is -3.23. The van der Waals surface area contributed by atoms with Crippen molar-refractivity contribution in [2.75, 3.05) is 18.8 Å². The molecule has 0 radical (unpaired) electrons. The molecule has 0 amide bonds. The number of para-hydroxylation sites is 1. The number of imidazole rings is 1. The summed E-state index contributed by atoms with van der Waals surface area (Å²) in [6.07, 6.45) is -0.0375. The number of H-pyrrole nitrogens is 2. The summed E-state index contributed by atoms with van der Waals surface area (Å²) in [5.41, 5.74) is 7.80. The van der Waals surface area contributed by atoms with Gasteiger partial charge >= 0.3 is 0 Å². The topological polar surface area (TPSA) is 109 Å². The van der Waals surface area contributed by atoms with Gasteiger partial charge in [0, 0.05) is 24.0 Å². The fourth-order valence-corrected chi connectivity index (χ4v) is 4.26. The van der Waals surface area contributed by atoms with Gasteiger partial charge in [-0.25, -0.2) is 9.37 Å². The lowest BCUT2D eigenvalue weighted by atomic mass is 9.93. The first-order valence-corrected chi connectivity index (χ1v) is 9.85. The number of nitrogens with two attached hydrogens (primary N) is 1. The van der Waals surface area contributed by atoms with Gasteiger partial charge in [-0.15, -0.1) is 0 Å². The van der Waals surface area contributed by atoms with E-state index in [-0.39, 0.29) is 17.2 Å². The van der Waals surface area contributed by atoms with Gasteiger partial charge in [0.1, 0.15) is 22.8 Å². The van der Waals surface area contributed by atoms with Crippen LogP contribution in [-0.4, -0.2) is 34.1 Å². The minimum atomic E-state index is -0.811. The second-order valence-corrected chi connectivity index (χ2v) is 8.01. The minimum absolute atomic E-state index is 0.0375. The zero-order valence-electron chi connectivity index (χ0n) is 16.7. The first kappa shape index (κ1) is 18.8. The van der Waals surface area contributed by atoms with Crippen LogP contribution in [0.15, 0.2) is 41.2 Å². The number of aromatic nitrogens is 3. The molecule has 1 aliphatic rings. The van der Waals surface area contributed by atoms with Gasteiger partial charge in [0.15, 0.2) is 0 Å². The molecule has 1 saturated heterocycles. The Balaban J connectivity index is 1.67. The molecule has 2 aromatic carbocycles. The summed E-state index contributed by atoms with van der Waals surface area (Å²) < 4.78 is 21.1. The predicted molar refractivity (Wildman–Crippen MR) is 115 cm³/mol. The third-order valence-electron chi connectivity index (χ3n) is 5.69. The smallest absolute Gasteiger partial charge is 0.261 e. The van der Waals surface area contributed by atoms with Gasteiger partial charge in [0.2, 0.25) is 0 Å². The molecular formula is C22H22FN5O2. The highest BCUT2D eigenvalue weighted by Crippen LogP contribution is 2.34. The van der Waals surface area contributed by atoms with Crippen LogP contribution < -0.4 is 16.6 Å². The number of fused-ring (bicyclic) bond motifs is 2. The fourth-order valence-electron chi connectivity index (χ4n) is 4.26. The third-order valence-corrected chi connectivity index (χ3v) is 5.69. The van der Waals surface area contributed by atoms with E-state index in [1.165, 1.54) is 6.07 Å². The summed E-state index contributed by atoms with van der Waals surface area (Å²) in [6, 6.07) is 10.4. The van der Waals surface area contributed by atoms with Gasteiger partial charge in [0.25, 0.3) is 5.56 Å². The van der Waals surface area contributed by atoms with Crippen LogP contribution in [0.3, 0.4) is 0 Å². The van der Waals surface area contributed by atoms with Crippen LogP contribution in [0.2, 0.25) is 0 Å². The van der Waals surface area contributed by atoms with Crippen molar-refractivity contribution >= 4 is 27.6 Å². The van der Waals surface area contributed by atoms with Gasteiger partial charge in [-0.05, 0) is 32.0 Å². The number of benzene rings is 2. The van der Waals surface area contributed by atoms with Crippen LogP contribution in [0.4, 0.5) is 10.1 Å². The van der Waals surface area contributed by atoms with E-state index < -0.39 is 11.4 Å². The largest absolute Gasteiger partial charge is 0.397 e. The van der Waals surface area contributed by atoms with Crippen molar-refractivity contribution in [2.45, 2.75) is 25.6 Å². The number of anilines is 1. The summed E-state index contributed by atoms with van der Waals surface area (Å²) in [5, 5.41) is 4.00. The second-order valence-electron chi connectivity index (χ2n) is 8.01. The van der Waals surface area contributed by atoms with Crippen molar-refractivity contribution in [3.8, 4) is 11.4 Å². The van der Waals surface area contributed by atoms with Crippen LogP contribution in [-0.2, 0) is 10.3 Å². The quantitative estimate of drug-likeness (QED) is 0.408. The van der Waals surface area contributed by atoms with Gasteiger partial charge in [0.05, 0.1) is 28.3 Å². The number of ether oxygens (including phenoxy) is 1. The Morgan fingerprint density at radius 1 is 1.23 bits per heavy atom. The highest BCUT2D eigenvalue weighted by molar-refractivity contribution is 5.97. The molecule has 0 unspecified atom stereocenters. The standard InChI is InChI=1S/C22H22FN5O2/c1-11-9-25-10-22(2,30-11)13-7-16-17(8-14(13)23)27-20(26-16)18-19(24)12-5-3-4-6-15(12)28-21(18)29/h3-8,11,25H,9-10H2,1-2H3,(H,26,27)(H3,24,28,29)/t11-,22-/m0/s1. The summed E-state index contributed by atoms with van der Waals surface area (Å²) in [5.74, 6) is -0.0937. The summed E-state index contributed by atoms with van der Waals surface area (Å²) in [4.78, 5) is 23.1. The maximum atomic E-state index is 15.0. The number of morpholine rings is 1. The monoisotopic (exact) mass is 407 g/mol. The molecule has 8 heteroatoms. The lowest BCUT2D eigenvalue weighted by molar-refractivity contribution is -0.104. The molecule has 4 aromatic rings. The van der Waals surface area contributed by atoms with Gasteiger partial charge < -0.3 is 25.8 Å². The molecule has 154 valence electrons. The number of nitrogens with one attached hydrogen (secondary N) is 3. The molecule has 5 N–H and O–H groups in total. The zero-order chi connectivity index (χ0) is 21.0. The number of halogens is 1. The second kappa shape index (κ2) is 6.65. The summed E-state index contributed by atoms with van der Waals surface area (Å²) in [6.45, 7) is 5.02. The molecule has 3 heterocycles. The average Bonchev–Trinajstić information content (AvgIpc) is 3.09. The molecule has 1 fully saturated rings. The van der Waals surface area contributed by atoms with E-state index in [0.717, 1.165) is 11.9 Å². The van der Waals surface area contributed by atoms with E-state index in [9.17, 15) is 4.79 Å². The van der Waals surface area contributed by atoms with Crippen molar-refractivity contribution in [2.24, 2.45) is 0 Å². The number of rotatable bonds is 2. The molecule has 0 spiro atoms. The van der Waals surface area contributed by atoms with E-state index in [0.29, 0.717) is 40.2 Å². The summed E-state index contributed by atoms with van der Waals surface area (Å²) >= 11 is 0. The van der Waals surface area contributed by atoms with Gasteiger partial charge in [-0.3, -0.25) is 4.79 Å². The van der Waals surface area contributed by atoms with E-state index in [4.69, 9.17) is 10.5 Å². The Labute approximate surface area is 171 Å². The lowest BCUT2D eigenvalue weighted by Gasteiger charge is -2.38. The molecule has 2 aromatic heterocycles. The Morgan fingerprint density at radius 3 is 2.83 bits per heavy atom. The zero-order valence-corrected chi connectivity index (χ0v) is 16.7. The average molecular weight is 407 g/mol. The van der Waals surface area contributed by atoms with Crippen LogP contribution in [0, 0.1) is 5.82 Å². The minimum Gasteiger partial charge on any atom is -0.397 e. The summed E-state index contributed by atoms with van der Waals surface area (Å²) in [7, 11) is 0. The number of pyridine rings is 1. The highest BCUT2D eigenvalue weighted by Gasteiger charge is 2.35.